The fourth-order valence-electron chi connectivity index (χ4n) is 3.74. The molecule has 27 heavy (non-hydrogen) atoms. The monoisotopic (exact) mass is 366 g/mol. The molecule has 1 heterocycles. The van der Waals surface area contributed by atoms with Crippen molar-refractivity contribution in [1.82, 2.24) is 0 Å². The topological polar surface area (TPSA) is 60.9 Å². The third kappa shape index (κ3) is 3.29. The van der Waals surface area contributed by atoms with Crippen LogP contribution in [0.1, 0.15) is 46.0 Å². The highest BCUT2D eigenvalue weighted by atomic mass is 16.4. The maximum Gasteiger partial charge on any atom is 0.412 e. The summed E-state index contributed by atoms with van der Waals surface area (Å²) < 4.78 is 0. The van der Waals surface area contributed by atoms with Gasteiger partial charge in [-0.25, -0.2) is 4.79 Å². The molecule has 1 atom stereocenters. The summed E-state index contributed by atoms with van der Waals surface area (Å²) in [5.41, 5.74) is 5.99. The van der Waals surface area contributed by atoms with Crippen molar-refractivity contribution in [3.8, 4) is 0 Å². The zero-order valence-corrected chi connectivity index (χ0v) is 16.5. The number of carboxylic acid groups (broad SMARTS) is 1. The Morgan fingerprint density at radius 2 is 1.63 bits per heavy atom. The van der Waals surface area contributed by atoms with Gasteiger partial charge in [0.15, 0.2) is 0 Å². The maximum absolute atomic E-state index is 13.4. The molecule has 2 aromatic rings. The summed E-state index contributed by atoms with van der Waals surface area (Å²) in [6.07, 6.45) is -0.347. The number of amides is 2. The minimum absolute atomic E-state index is 0.0829. The van der Waals surface area contributed by atoms with Crippen LogP contribution in [0.4, 0.5) is 16.2 Å². The highest BCUT2D eigenvalue weighted by Crippen LogP contribution is 2.39. The molecule has 0 aromatic heterocycles. The molecule has 2 aromatic carbocycles. The van der Waals surface area contributed by atoms with Gasteiger partial charge in [0.1, 0.15) is 0 Å². The van der Waals surface area contributed by atoms with Crippen LogP contribution in [0.25, 0.3) is 0 Å². The first-order valence-corrected chi connectivity index (χ1v) is 9.27. The van der Waals surface area contributed by atoms with E-state index in [4.69, 9.17) is 0 Å². The average Bonchev–Trinajstić information content (AvgIpc) is 2.60. The van der Waals surface area contributed by atoms with Gasteiger partial charge in [-0.1, -0.05) is 24.6 Å². The first-order chi connectivity index (χ1) is 12.7. The molecule has 0 fully saturated rings. The van der Waals surface area contributed by atoms with Crippen molar-refractivity contribution in [3.63, 3.8) is 0 Å². The van der Waals surface area contributed by atoms with Crippen LogP contribution in [0.3, 0.4) is 0 Å². The van der Waals surface area contributed by atoms with Crippen molar-refractivity contribution >= 4 is 23.4 Å². The van der Waals surface area contributed by atoms with E-state index in [0.29, 0.717) is 29.9 Å². The highest BCUT2D eigenvalue weighted by Gasteiger charge is 2.37. The molecule has 2 amide bonds. The fraction of sp³-hybridized carbons (Fsp3) is 0.364. The molecule has 1 aliphatic rings. The largest absolute Gasteiger partial charge is 0.465 e. The summed E-state index contributed by atoms with van der Waals surface area (Å²) in [5.74, 6) is -0.0829. The van der Waals surface area contributed by atoms with Crippen LogP contribution in [0.15, 0.2) is 30.3 Å². The molecular weight excluding hydrogens is 340 g/mol. The predicted octanol–water partition coefficient (Wildman–Crippen LogP) is 4.84. The molecule has 0 bridgehead atoms. The van der Waals surface area contributed by atoms with Crippen LogP contribution in [-0.4, -0.2) is 29.7 Å². The molecule has 0 saturated heterocycles. The highest BCUT2D eigenvalue weighted by molar-refractivity contribution is 6.11. The van der Waals surface area contributed by atoms with E-state index in [0.717, 1.165) is 22.3 Å². The van der Waals surface area contributed by atoms with Gasteiger partial charge in [0, 0.05) is 12.1 Å². The number of nitrogens with zero attached hydrogens (tertiary/aromatic N) is 2. The molecule has 0 saturated carbocycles. The number of hydrogen-bond acceptors (Lipinski definition) is 2. The molecule has 3 rings (SSSR count). The minimum atomic E-state index is -0.982. The number of hydrogen-bond donors (Lipinski definition) is 1. The molecule has 0 aliphatic carbocycles. The smallest absolute Gasteiger partial charge is 0.412 e. The zero-order chi connectivity index (χ0) is 19.9. The van der Waals surface area contributed by atoms with Crippen molar-refractivity contribution in [1.29, 1.82) is 0 Å². The van der Waals surface area contributed by atoms with E-state index in [-0.39, 0.29) is 11.9 Å². The molecule has 5 heteroatoms. The molecule has 5 nitrogen and oxygen atoms in total. The number of aryl methyl sites for hydroxylation is 4. The van der Waals surface area contributed by atoms with Crippen LogP contribution in [-0.2, 0) is 0 Å². The van der Waals surface area contributed by atoms with Crippen molar-refractivity contribution in [2.24, 2.45) is 0 Å². The molecule has 1 aliphatic heterocycles. The van der Waals surface area contributed by atoms with Crippen LogP contribution in [0.5, 0.6) is 0 Å². The molecule has 1 N–H and O–H groups in total. The van der Waals surface area contributed by atoms with Gasteiger partial charge in [-0.05, 0) is 69.0 Å². The third-order valence-electron chi connectivity index (χ3n) is 5.43. The van der Waals surface area contributed by atoms with Crippen molar-refractivity contribution < 1.29 is 14.7 Å². The number of carbonyl (C=O) groups is 2. The molecule has 142 valence electrons. The van der Waals surface area contributed by atoms with Crippen molar-refractivity contribution in [2.45, 2.75) is 47.1 Å². The van der Waals surface area contributed by atoms with Crippen molar-refractivity contribution in [2.75, 3.05) is 16.3 Å². The fourth-order valence-corrected chi connectivity index (χ4v) is 3.74. The Labute approximate surface area is 160 Å². The normalized spacial score (nSPS) is 16.3. The van der Waals surface area contributed by atoms with E-state index >= 15 is 0 Å². The van der Waals surface area contributed by atoms with Gasteiger partial charge in [0.2, 0.25) is 0 Å². The average molecular weight is 366 g/mol. The second-order valence-corrected chi connectivity index (χ2v) is 7.37. The minimum Gasteiger partial charge on any atom is -0.465 e. The maximum atomic E-state index is 13.4. The molecule has 0 radical (unpaired) electrons. The predicted molar refractivity (Wildman–Crippen MR) is 108 cm³/mol. The Hall–Kier alpha value is -2.82. The Morgan fingerprint density at radius 3 is 2.19 bits per heavy atom. The van der Waals surface area contributed by atoms with Gasteiger partial charge >= 0.3 is 6.09 Å². The lowest BCUT2D eigenvalue weighted by Gasteiger charge is -2.41. The van der Waals surface area contributed by atoms with Crippen LogP contribution in [0.2, 0.25) is 0 Å². The number of benzene rings is 2. The zero-order valence-electron chi connectivity index (χ0n) is 16.5. The van der Waals surface area contributed by atoms with E-state index in [1.165, 1.54) is 4.90 Å². The summed E-state index contributed by atoms with van der Waals surface area (Å²) in [6.45, 7) is 10.2. The van der Waals surface area contributed by atoms with E-state index in [1.807, 2.05) is 65.0 Å². The first kappa shape index (κ1) is 19.0. The lowest BCUT2D eigenvalue weighted by molar-refractivity contribution is 0.0982. The lowest BCUT2D eigenvalue weighted by atomic mass is 9.98. The Balaban J connectivity index is 2.16. The Bertz CT molecular complexity index is 920. The van der Waals surface area contributed by atoms with Gasteiger partial charge in [-0.3, -0.25) is 9.69 Å². The van der Waals surface area contributed by atoms with E-state index in [1.54, 1.807) is 4.90 Å². The standard InChI is InChI=1S/C22H26N2O3/c1-6-17-12-23(21(25)18-8-7-13(2)9-16(18)5)19-10-14(3)15(4)11-20(19)24(17)22(26)27/h7-11,17H,6,12H2,1-5H3,(H,26,27). The molecular formula is C22H26N2O3. The van der Waals surface area contributed by atoms with E-state index in [9.17, 15) is 14.7 Å². The molecule has 0 spiro atoms. The summed E-state index contributed by atoms with van der Waals surface area (Å²) in [5, 5.41) is 9.79. The number of rotatable bonds is 2. The van der Waals surface area contributed by atoms with Gasteiger partial charge in [0.25, 0.3) is 5.91 Å². The van der Waals surface area contributed by atoms with Gasteiger partial charge < -0.3 is 10.0 Å². The van der Waals surface area contributed by atoms with Crippen LogP contribution in [0, 0.1) is 27.7 Å². The summed E-state index contributed by atoms with van der Waals surface area (Å²) in [4.78, 5) is 28.5. The van der Waals surface area contributed by atoms with E-state index < -0.39 is 6.09 Å². The van der Waals surface area contributed by atoms with Crippen LogP contribution >= 0.6 is 0 Å². The van der Waals surface area contributed by atoms with Gasteiger partial charge in [0.05, 0.1) is 17.4 Å². The van der Waals surface area contributed by atoms with Crippen LogP contribution < -0.4 is 9.80 Å². The van der Waals surface area contributed by atoms with Crippen molar-refractivity contribution in [3.05, 3.63) is 58.1 Å². The second kappa shape index (κ2) is 7.06. The second-order valence-electron chi connectivity index (χ2n) is 7.37. The SMILES string of the molecule is CCC1CN(C(=O)c2ccc(C)cc2C)c2cc(C)c(C)cc2N1C(=O)O. The number of anilines is 2. The van der Waals surface area contributed by atoms with E-state index in [2.05, 4.69) is 0 Å². The quantitative estimate of drug-likeness (QED) is 0.827. The Morgan fingerprint density at radius 1 is 1.00 bits per heavy atom. The first-order valence-electron chi connectivity index (χ1n) is 9.27. The molecule has 1 unspecified atom stereocenters. The van der Waals surface area contributed by atoms with Gasteiger partial charge in [-0.2, -0.15) is 0 Å². The Kier molecular flexibility index (Phi) is 4.96. The van der Waals surface area contributed by atoms with Gasteiger partial charge in [-0.15, -0.1) is 0 Å². The summed E-state index contributed by atoms with van der Waals surface area (Å²) in [7, 11) is 0. The summed E-state index contributed by atoms with van der Waals surface area (Å²) >= 11 is 0. The number of carbonyl (C=O) groups excluding carboxylic acids is 1. The number of fused-ring (bicyclic) bond motifs is 1. The lowest BCUT2D eigenvalue weighted by Crippen LogP contribution is -2.52. The summed E-state index contributed by atoms with van der Waals surface area (Å²) in [6, 6.07) is 9.33. The third-order valence-corrected chi connectivity index (χ3v) is 5.43.